The third-order valence-electron chi connectivity index (χ3n) is 4.08. The summed E-state index contributed by atoms with van der Waals surface area (Å²) in [6, 6.07) is 10.5. The van der Waals surface area contributed by atoms with E-state index in [1.54, 1.807) is 30.1 Å². The summed E-state index contributed by atoms with van der Waals surface area (Å²) >= 11 is 3.20. The van der Waals surface area contributed by atoms with Crippen LogP contribution in [0.3, 0.4) is 0 Å². The minimum Gasteiger partial charge on any atom is -0.338 e. The van der Waals surface area contributed by atoms with Gasteiger partial charge in [-0.3, -0.25) is 4.79 Å². The molecule has 1 atom stereocenters. The Bertz CT molecular complexity index is 726. The molecule has 126 valence electrons. The highest BCUT2D eigenvalue weighted by atomic mass is 32.2. The largest absolute Gasteiger partial charge is 0.338 e. The molecule has 2 heterocycles. The van der Waals surface area contributed by atoms with Crippen LogP contribution in [0.15, 0.2) is 47.6 Å². The number of hydrogen-bond acceptors (Lipinski definition) is 4. The predicted molar refractivity (Wildman–Crippen MR) is 98.1 cm³/mol. The topological polar surface area (TPSA) is 33.2 Å². The normalized spacial score (nSPS) is 18.2. The number of thioether (sulfide) groups is 2. The zero-order chi connectivity index (χ0) is 16.9. The molecule has 0 bridgehead atoms. The van der Waals surface area contributed by atoms with E-state index in [1.807, 2.05) is 29.4 Å². The van der Waals surface area contributed by atoms with E-state index in [-0.39, 0.29) is 17.0 Å². The molecule has 6 heteroatoms. The van der Waals surface area contributed by atoms with Crippen LogP contribution in [0, 0.1) is 5.82 Å². The first-order chi connectivity index (χ1) is 11.7. The van der Waals surface area contributed by atoms with E-state index in [9.17, 15) is 9.18 Å². The summed E-state index contributed by atoms with van der Waals surface area (Å²) in [6.07, 6.45) is 4.38. The Balaban J connectivity index is 1.74. The number of carbonyl (C=O) groups excluding carboxylic acids is 1. The molecule has 1 aromatic heterocycles. The van der Waals surface area contributed by atoms with Crippen molar-refractivity contribution < 1.29 is 9.18 Å². The fourth-order valence-corrected chi connectivity index (χ4v) is 4.64. The van der Waals surface area contributed by atoms with E-state index in [0.29, 0.717) is 18.7 Å². The third-order valence-corrected chi connectivity index (χ3v) is 6.10. The van der Waals surface area contributed by atoms with Gasteiger partial charge in [0, 0.05) is 35.9 Å². The Morgan fingerprint density at radius 2 is 2.12 bits per heavy atom. The molecule has 1 aromatic carbocycles. The molecule has 1 aliphatic rings. The van der Waals surface area contributed by atoms with E-state index in [4.69, 9.17) is 0 Å². The molecule has 0 N–H and O–H groups in total. The first-order valence-corrected chi connectivity index (χ1v) is 10.1. The summed E-state index contributed by atoms with van der Waals surface area (Å²) < 4.78 is 14.0. The van der Waals surface area contributed by atoms with Crippen molar-refractivity contribution >= 4 is 29.4 Å². The SMILES string of the molecule is CSc1ncccc1C(=O)N1CCSC(c2ccccc2F)CC1. The quantitative estimate of drug-likeness (QED) is 0.764. The number of carbonyl (C=O) groups is 1. The van der Waals surface area contributed by atoms with Gasteiger partial charge in [0.2, 0.25) is 0 Å². The molecule has 1 aliphatic heterocycles. The molecule has 1 amide bonds. The third kappa shape index (κ3) is 3.75. The molecular formula is C18H19FN2OS2. The van der Waals surface area contributed by atoms with Gasteiger partial charge in [0.1, 0.15) is 10.8 Å². The van der Waals surface area contributed by atoms with Gasteiger partial charge in [0.25, 0.3) is 5.91 Å². The van der Waals surface area contributed by atoms with Gasteiger partial charge in [-0.05, 0) is 30.9 Å². The summed E-state index contributed by atoms with van der Waals surface area (Å²) in [4.78, 5) is 19.0. The first-order valence-electron chi connectivity index (χ1n) is 7.85. The van der Waals surface area contributed by atoms with Crippen LogP contribution in [0.1, 0.15) is 27.6 Å². The Morgan fingerprint density at radius 3 is 2.92 bits per heavy atom. The molecule has 0 spiro atoms. The molecule has 2 aromatic rings. The van der Waals surface area contributed by atoms with Crippen LogP contribution in [0.2, 0.25) is 0 Å². The minimum absolute atomic E-state index is 0.0160. The van der Waals surface area contributed by atoms with E-state index in [1.165, 1.54) is 17.8 Å². The van der Waals surface area contributed by atoms with Gasteiger partial charge in [0.15, 0.2) is 0 Å². The Hall–Kier alpha value is -1.53. The number of rotatable bonds is 3. The summed E-state index contributed by atoms with van der Waals surface area (Å²) in [7, 11) is 0. The molecule has 24 heavy (non-hydrogen) atoms. The fourth-order valence-electron chi connectivity index (χ4n) is 2.84. The number of benzene rings is 1. The Kier molecular flexibility index (Phi) is 5.79. The zero-order valence-corrected chi connectivity index (χ0v) is 15.1. The lowest BCUT2D eigenvalue weighted by Crippen LogP contribution is -2.33. The van der Waals surface area contributed by atoms with Crippen molar-refractivity contribution in [2.24, 2.45) is 0 Å². The molecule has 1 saturated heterocycles. The fraction of sp³-hybridized carbons (Fsp3) is 0.333. The van der Waals surface area contributed by atoms with Crippen LogP contribution in [0.25, 0.3) is 0 Å². The van der Waals surface area contributed by atoms with Crippen molar-refractivity contribution in [1.29, 1.82) is 0 Å². The van der Waals surface area contributed by atoms with Crippen molar-refractivity contribution in [2.75, 3.05) is 25.1 Å². The van der Waals surface area contributed by atoms with Crippen LogP contribution < -0.4 is 0 Å². The molecule has 3 nitrogen and oxygen atoms in total. The number of nitrogens with zero attached hydrogens (tertiary/aromatic N) is 2. The maximum absolute atomic E-state index is 14.0. The van der Waals surface area contributed by atoms with E-state index < -0.39 is 0 Å². The van der Waals surface area contributed by atoms with E-state index in [2.05, 4.69) is 4.98 Å². The molecule has 0 saturated carbocycles. The monoisotopic (exact) mass is 362 g/mol. The van der Waals surface area contributed by atoms with Crippen LogP contribution in [0.5, 0.6) is 0 Å². The highest BCUT2D eigenvalue weighted by Gasteiger charge is 2.25. The van der Waals surface area contributed by atoms with E-state index >= 15 is 0 Å². The number of amides is 1. The average molecular weight is 362 g/mol. The summed E-state index contributed by atoms with van der Waals surface area (Å²) in [5.74, 6) is 0.661. The average Bonchev–Trinajstić information content (AvgIpc) is 2.87. The van der Waals surface area contributed by atoms with Crippen LogP contribution in [0.4, 0.5) is 4.39 Å². The zero-order valence-electron chi connectivity index (χ0n) is 13.4. The summed E-state index contributed by atoms with van der Waals surface area (Å²) in [5.41, 5.74) is 1.39. The van der Waals surface area contributed by atoms with Crippen molar-refractivity contribution in [3.8, 4) is 0 Å². The smallest absolute Gasteiger partial charge is 0.256 e. The molecular weight excluding hydrogens is 343 g/mol. The highest BCUT2D eigenvalue weighted by Crippen LogP contribution is 2.36. The second-order valence-electron chi connectivity index (χ2n) is 5.52. The Labute approximate surface area is 150 Å². The second kappa shape index (κ2) is 8.03. The lowest BCUT2D eigenvalue weighted by molar-refractivity contribution is 0.0762. The minimum atomic E-state index is -0.160. The number of halogens is 1. The molecule has 1 unspecified atom stereocenters. The van der Waals surface area contributed by atoms with Gasteiger partial charge in [-0.1, -0.05) is 18.2 Å². The van der Waals surface area contributed by atoms with Gasteiger partial charge in [-0.25, -0.2) is 9.37 Å². The predicted octanol–water partition coefficient (Wildman–Crippen LogP) is 4.26. The standard InChI is InChI=1S/C18H19FN2OS2/c1-23-17-14(6-4-9-20-17)18(22)21-10-8-16(24-12-11-21)13-5-2-3-7-15(13)19/h2-7,9,16H,8,10-12H2,1H3. The molecule has 3 rings (SSSR count). The number of hydrogen-bond donors (Lipinski definition) is 0. The van der Waals surface area contributed by atoms with Gasteiger partial charge >= 0.3 is 0 Å². The molecule has 0 radical (unpaired) electrons. The van der Waals surface area contributed by atoms with Gasteiger partial charge < -0.3 is 4.90 Å². The maximum Gasteiger partial charge on any atom is 0.256 e. The van der Waals surface area contributed by atoms with Crippen LogP contribution >= 0.6 is 23.5 Å². The first kappa shape index (κ1) is 17.3. The van der Waals surface area contributed by atoms with Crippen molar-refractivity contribution in [3.63, 3.8) is 0 Å². The van der Waals surface area contributed by atoms with Crippen LogP contribution in [-0.2, 0) is 0 Å². The molecule has 0 aliphatic carbocycles. The lowest BCUT2D eigenvalue weighted by Gasteiger charge is -2.21. The summed E-state index contributed by atoms with van der Waals surface area (Å²) in [6.45, 7) is 1.31. The van der Waals surface area contributed by atoms with Gasteiger partial charge in [-0.2, -0.15) is 11.8 Å². The van der Waals surface area contributed by atoms with Crippen LogP contribution in [-0.4, -0.2) is 40.9 Å². The van der Waals surface area contributed by atoms with Crippen molar-refractivity contribution in [2.45, 2.75) is 16.7 Å². The van der Waals surface area contributed by atoms with Crippen molar-refractivity contribution in [1.82, 2.24) is 9.88 Å². The highest BCUT2D eigenvalue weighted by molar-refractivity contribution is 7.99. The summed E-state index contributed by atoms with van der Waals surface area (Å²) in [5, 5.41) is 0.850. The maximum atomic E-state index is 14.0. The lowest BCUT2D eigenvalue weighted by atomic mass is 10.1. The second-order valence-corrected chi connectivity index (χ2v) is 7.63. The van der Waals surface area contributed by atoms with Crippen molar-refractivity contribution in [3.05, 3.63) is 59.5 Å². The number of aromatic nitrogens is 1. The van der Waals surface area contributed by atoms with E-state index in [0.717, 1.165) is 22.8 Å². The van der Waals surface area contributed by atoms with Gasteiger partial charge in [-0.15, -0.1) is 11.8 Å². The number of pyridine rings is 1. The Morgan fingerprint density at radius 1 is 1.29 bits per heavy atom. The molecule has 1 fully saturated rings. The van der Waals surface area contributed by atoms with Gasteiger partial charge in [0.05, 0.1) is 5.56 Å².